The van der Waals surface area contributed by atoms with E-state index < -0.39 is 6.10 Å². The minimum Gasteiger partial charge on any atom is -0.487 e. The topological polar surface area (TPSA) is 47.6 Å². The summed E-state index contributed by atoms with van der Waals surface area (Å²) < 4.78 is 12.0. The van der Waals surface area contributed by atoms with Crippen LogP contribution in [0.2, 0.25) is 0 Å². The van der Waals surface area contributed by atoms with Gasteiger partial charge in [-0.15, -0.1) is 0 Å². The molecule has 1 aliphatic heterocycles. The molecule has 0 spiro atoms. The fraction of sp³-hybridized carbons (Fsp3) is 0.409. The summed E-state index contributed by atoms with van der Waals surface area (Å²) in [6.45, 7) is 8.10. The molecule has 0 radical (unpaired) electrons. The van der Waals surface area contributed by atoms with E-state index in [1.54, 1.807) is 0 Å². The molecule has 0 aromatic heterocycles. The van der Waals surface area contributed by atoms with Crippen LogP contribution >= 0.6 is 0 Å². The maximum atomic E-state index is 12.9. The second kappa shape index (κ2) is 7.40. The van der Waals surface area contributed by atoms with Crippen LogP contribution < -0.4 is 14.8 Å². The molecule has 1 heterocycles. The molecule has 1 N–H and O–H groups in total. The Balaban J connectivity index is 1.78. The number of hydrogen-bond donors (Lipinski definition) is 1. The van der Waals surface area contributed by atoms with Crippen molar-refractivity contribution in [3.63, 3.8) is 0 Å². The number of nitrogens with one attached hydrogen (secondary N) is 1. The zero-order valence-corrected chi connectivity index (χ0v) is 15.9. The Bertz CT molecular complexity index is 770. The maximum Gasteiger partial charge on any atom is 0.261 e. The van der Waals surface area contributed by atoms with Gasteiger partial charge < -0.3 is 14.8 Å². The number of amides is 1. The van der Waals surface area contributed by atoms with Crippen molar-refractivity contribution >= 4 is 5.91 Å². The summed E-state index contributed by atoms with van der Waals surface area (Å²) >= 11 is 0. The Morgan fingerprint density at radius 2 is 2.00 bits per heavy atom. The third kappa shape index (κ3) is 4.18. The van der Waals surface area contributed by atoms with E-state index in [1.165, 1.54) is 0 Å². The van der Waals surface area contributed by atoms with Crippen LogP contribution in [-0.2, 0) is 4.79 Å². The number of ether oxygens (including phenoxy) is 2. The smallest absolute Gasteiger partial charge is 0.261 e. The lowest BCUT2D eigenvalue weighted by Gasteiger charge is -2.38. The van der Waals surface area contributed by atoms with Crippen molar-refractivity contribution in [3.05, 3.63) is 59.7 Å². The summed E-state index contributed by atoms with van der Waals surface area (Å²) in [7, 11) is 0. The van der Waals surface area contributed by atoms with Gasteiger partial charge in [-0.3, -0.25) is 4.79 Å². The minimum absolute atomic E-state index is 0.0884. The Hall–Kier alpha value is -2.49. The molecule has 4 nitrogen and oxygen atoms in total. The average molecular weight is 353 g/mol. The lowest BCUT2D eigenvalue weighted by molar-refractivity contribution is -0.129. The van der Waals surface area contributed by atoms with Crippen LogP contribution in [0.4, 0.5) is 0 Å². The molecular formula is C22H27NO3. The number of fused-ring (bicyclic) bond motifs is 1. The van der Waals surface area contributed by atoms with Crippen molar-refractivity contribution in [3.8, 4) is 11.5 Å². The molecule has 1 aliphatic rings. The highest BCUT2D eigenvalue weighted by Gasteiger charge is 2.35. The largest absolute Gasteiger partial charge is 0.487 e. The van der Waals surface area contributed by atoms with Crippen molar-refractivity contribution in [1.29, 1.82) is 0 Å². The first kappa shape index (κ1) is 18.3. The predicted molar refractivity (Wildman–Crippen MR) is 103 cm³/mol. The summed E-state index contributed by atoms with van der Waals surface area (Å²) in [6, 6.07) is 15.5. The summed E-state index contributed by atoms with van der Waals surface area (Å²) in [5.41, 5.74) is 1.86. The van der Waals surface area contributed by atoms with Gasteiger partial charge in [-0.1, -0.05) is 42.8 Å². The van der Waals surface area contributed by atoms with Gasteiger partial charge in [0.15, 0.2) is 6.10 Å². The average Bonchev–Trinajstić information content (AvgIpc) is 2.60. The van der Waals surface area contributed by atoms with Gasteiger partial charge in [0.05, 0.1) is 6.04 Å². The number of carbonyl (C=O) groups is 1. The van der Waals surface area contributed by atoms with Gasteiger partial charge in [-0.05, 0) is 45.4 Å². The third-order valence-electron chi connectivity index (χ3n) is 4.62. The van der Waals surface area contributed by atoms with E-state index in [0.29, 0.717) is 12.2 Å². The fourth-order valence-corrected chi connectivity index (χ4v) is 3.35. The van der Waals surface area contributed by atoms with Crippen molar-refractivity contribution < 1.29 is 14.3 Å². The van der Waals surface area contributed by atoms with Crippen molar-refractivity contribution in [2.45, 2.75) is 58.3 Å². The number of rotatable bonds is 5. The number of hydrogen-bond acceptors (Lipinski definition) is 3. The highest BCUT2D eigenvalue weighted by Crippen LogP contribution is 2.39. The van der Waals surface area contributed by atoms with Gasteiger partial charge in [0.2, 0.25) is 0 Å². The van der Waals surface area contributed by atoms with Gasteiger partial charge in [0, 0.05) is 12.0 Å². The Kier molecular flexibility index (Phi) is 5.21. The lowest BCUT2D eigenvalue weighted by atomic mass is 9.88. The standard InChI is InChI=1S/C22H27NO3/c1-5-19(25-16-9-7-6-8-10-16)21(24)23-18-14-22(3,4)26-20-12-11-15(2)13-17(18)20/h6-13,18-19H,5,14H2,1-4H3,(H,23,24). The predicted octanol–water partition coefficient (Wildman–Crippen LogP) is 4.57. The monoisotopic (exact) mass is 353 g/mol. The van der Waals surface area contributed by atoms with Crippen LogP contribution in [0, 0.1) is 6.92 Å². The molecule has 2 atom stereocenters. The summed E-state index contributed by atoms with van der Waals surface area (Å²) in [5.74, 6) is 1.46. The molecule has 2 unspecified atom stereocenters. The minimum atomic E-state index is -0.517. The maximum absolute atomic E-state index is 12.9. The highest BCUT2D eigenvalue weighted by molar-refractivity contribution is 5.81. The Morgan fingerprint density at radius 1 is 1.27 bits per heavy atom. The zero-order valence-electron chi connectivity index (χ0n) is 15.9. The Labute approximate surface area is 155 Å². The van der Waals surface area contributed by atoms with Gasteiger partial charge in [-0.25, -0.2) is 0 Å². The molecule has 4 heteroatoms. The van der Waals surface area contributed by atoms with E-state index in [2.05, 4.69) is 11.4 Å². The van der Waals surface area contributed by atoms with E-state index in [1.807, 2.05) is 70.2 Å². The van der Waals surface area contributed by atoms with Gasteiger partial charge in [0.25, 0.3) is 5.91 Å². The summed E-state index contributed by atoms with van der Waals surface area (Å²) in [6.07, 6.45) is 0.807. The number of carbonyl (C=O) groups excluding carboxylic acids is 1. The molecule has 2 aromatic rings. The normalized spacial score (nSPS) is 19.0. The number of benzene rings is 2. The first-order valence-corrected chi connectivity index (χ1v) is 9.19. The first-order chi connectivity index (χ1) is 12.4. The number of para-hydroxylation sites is 1. The molecule has 26 heavy (non-hydrogen) atoms. The molecule has 0 saturated carbocycles. The lowest BCUT2D eigenvalue weighted by Crippen LogP contribution is -2.45. The van der Waals surface area contributed by atoms with Crippen molar-refractivity contribution in [1.82, 2.24) is 5.32 Å². The van der Waals surface area contributed by atoms with Gasteiger partial charge >= 0.3 is 0 Å². The van der Waals surface area contributed by atoms with E-state index in [9.17, 15) is 4.79 Å². The zero-order chi connectivity index (χ0) is 18.7. The van der Waals surface area contributed by atoms with E-state index in [0.717, 1.165) is 23.3 Å². The van der Waals surface area contributed by atoms with Crippen LogP contribution in [0.25, 0.3) is 0 Å². The van der Waals surface area contributed by atoms with Gasteiger partial charge in [-0.2, -0.15) is 0 Å². The quantitative estimate of drug-likeness (QED) is 0.856. The molecular weight excluding hydrogens is 326 g/mol. The molecule has 0 saturated heterocycles. The van der Waals surface area contributed by atoms with Crippen molar-refractivity contribution in [2.24, 2.45) is 0 Å². The molecule has 1 amide bonds. The van der Waals surface area contributed by atoms with E-state index >= 15 is 0 Å². The molecule has 0 aliphatic carbocycles. The molecule has 3 rings (SSSR count). The first-order valence-electron chi connectivity index (χ1n) is 9.19. The van der Waals surface area contributed by atoms with Crippen LogP contribution in [0.15, 0.2) is 48.5 Å². The summed E-state index contributed by atoms with van der Waals surface area (Å²) in [5, 5.41) is 3.19. The highest BCUT2D eigenvalue weighted by atomic mass is 16.5. The van der Waals surface area contributed by atoms with Crippen molar-refractivity contribution in [2.75, 3.05) is 0 Å². The molecule has 0 bridgehead atoms. The van der Waals surface area contributed by atoms with Crippen LogP contribution in [0.5, 0.6) is 11.5 Å². The van der Waals surface area contributed by atoms with Gasteiger partial charge in [0.1, 0.15) is 17.1 Å². The fourth-order valence-electron chi connectivity index (χ4n) is 3.35. The third-order valence-corrected chi connectivity index (χ3v) is 4.62. The SMILES string of the molecule is CCC(Oc1ccccc1)C(=O)NC1CC(C)(C)Oc2ccc(C)cc21. The van der Waals surface area contributed by atoms with E-state index in [4.69, 9.17) is 9.47 Å². The second-order valence-electron chi connectivity index (χ2n) is 7.50. The number of aryl methyl sites for hydroxylation is 1. The molecule has 138 valence electrons. The van der Waals surface area contributed by atoms with Crippen LogP contribution in [0.1, 0.15) is 50.8 Å². The molecule has 2 aromatic carbocycles. The Morgan fingerprint density at radius 3 is 2.69 bits per heavy atom. The van der Waals surface area contributed by atoms with Crippen LogP contribution in [-0.4, -0.2) is 17.6 Å². The molecule has 0 fully saturated rings. The second-order valence-corrected chi connectivity index (χ2v) is 7.50. The van der Waals surface area contributed by atoms with Crippen LogP contribution in [0.3, 0.4) is 0 Å². The summed E-state index contributed by atoms with van der Waals surface area (Å²) in [4.78, 5) is 12.9. The van der Waals surface area contributed by atoms with E-state index in [-0.39, 0.29) is 17.6 Å².